The van der Waals surface area contributed by atoms with Gasteiger partial charge in [0.05, 0.1) is 5.69 Å². The van der Waals surface area contributed by atoms with E-state index in [1.807, 2.05) is 17.9 Å². The van der Waals surface area contributed by atoms with Gasteiger partial charge in [-0.25, -0.2) is 0 Å². The maximum Gasteiger partial charge on any atom is 0.0547 e. The Morgan fingerprint density at radius 2 is 2.12 bits per heavy atom. The number of likely N-dealkylation sites (N-methyl/N-ethyl adjacent to an activating group) is 1. The molecule has 0 aromatic carbocycles. The second-order valence-corrected chi connectivity index (χ2v) is 5.19. The molecular weight excluding hydrogens is 200 g/mol. The van der Waals surface area contributed by atoms with E-state index in [-0.39, 0.29) is 5.54 Å². The summed E-state index contributed by atoms with van der Waals surface area (Å²) in [7, 11) is 6.19. The van der Waals surface area contributed by atoms with Crippen LogP contribution >= 0.6 is 0 Å². The zero-order valence-corrected chi connectivity index (χ0v) is 11.3. The molecule has 1 rings (SSSR count). The summed E-state index contributed by atoms with van der Waals surface area (Å²) < 4.78 is 1.92. The molecule has 0 aliphatic heterocycles. The molecular formula is C12H24N4. The summed E-state index contributed by atoms with van der Waals surface area (Å²) >= 11 is 0. The van der Waals surface area contributed by atoms with Gasteiger partial charge in [-0.3, -0.25) is 4.68 Å². The molecule has 1 aromatic rings. The maximum absolute atomic E-state index is 4.18. The molecule has 0 saturated heterocycles. The van der Waals surface area contributed by atoms with Gasteiger partial charge >= 0.3 is 0 Å². The molecule has 0 aliphatic carbocycles. The van der Waals surface area contributed by atoms with Crippen molar-refractivity contribution >= 4 is 0 Å². The van der Waals surface area contributed by atoms with E-state index in [4.69, 9.17) is 0 Å². The van der Waals surface area contributed by atoms with Crippen LogP contribution in [0.15, 0.2) is 12.3 Å². The van der Waals surface area contributed by atoms with Gasteiger partial charge in [-0.1, -0.05) is 0 Å². The van der Waals surface area contributed by atoms with Gasteiger partial charge in [-0.15, -0.1) is 0 Å². The van der Waals surface area contributed by atoms with Gasteiger partial charge in [0.2, 0.25) is 0 Å². The van der Waals surface area contributed by atoms with Crippen molar-refractivity contribution in [1.82, 2.24) is 20.0 Å². The SMILES string of the molecule is CC(NCC(C)(C)N(C)C)c1ccnn1C. The number of aryl methyl sites for hydroxylation is 1. The average Bonchev–Trinajstić information content (AvgIpc) is 2.61. The normalized spacial score (nSPS) is 14.4. The molecule has 1 atom stereocenters. The summed E-state index contributed by atoms with van der Waals surface area (Å²) in [6.45, 7) is 7.58. The van der Waals surface area contributed by atoms with E-state index >= 15 is 0 Å². The second kappa shape index (κ2) is 4.97. The van der Waals surface area contributed by atoms with Crippen molar-refractivity contribution in [3.63, 3.8) is 0 Å². The Balaban J connectivity index is 2.54. The van der Waals surface area contributed by atoms with Crippen LogP contribution in [-0.2, 0) is 7.05 Å². The molecule has 0 bridgehead atoms. The topological polar surface area (TPSA) is 33.1 Å². The fourth-order valence-electron chi connectivity index (χ4n) is 1.47. The van der Waals surface area contributed by atoms with Gasteiger partial charge in [0.25, 0.3) is 0 Å². The van der Waals surface area contributed by atoms with Crippen molar-refractivity contribution in [2.75, 3.05) is 20.6 Å². The molecule has 1 N–H and O–H groups in total. The van der Waals surface area contributed by atoms with Gasteiger partial charge in [0.15, 0.2) is 0 Å². The highest BCUT2D eigenvalue weighted by atomic mass is 15.3. The van der Waals surface area contributed by atoms with Crippen LogP contribution in [0.4, 0.5) is 0 Å². The van der Waals surface area contributed by atoms with Crippen LogP contribution in [0.1, 0.15) is 32.5 Å². The molecule has 92 valence electrons. The Morgan fingerprint density at radius 1 is 1.50 bits per heavy atom. The molecule has 16 heavy (non-hydrogen) atoms. The molecule has 0 fully saturated rings. The highest BCUT2D eigenvalue weighted by molar-refractivity contribution is 5.05. The van der Waals surface area contributed by atoms with Gasteiger partial charge < -0.3 is 10.2 Å². The lowest BCUT2D eigenvalue weighted by Crippen LogP contribution is -2.47. The number of nitrogens with zero attached hydrogens (tertiary/aromatic N) is 3. The van der Waals surface area contributed by atoms with Crippen LogP contribution in [0.5, 0.6) is 0 Å². The van der Waals surface area contributed by atoms with E-state index in [0.29, 0.717) is 6.04 Å². The minimum atomic E-state index is 0.160. The van der Waals surface area contributed by atoms with Crippen molar-refractivity contribution in [3.05, 3.63) is 18.0 Å². The molecule has 1 heterocycles. The first-order valence-corrected chi connectivity index (χ1v) is 5.73. The van der Waals surface area contributed by atoms with Crippen molar-refractivity contribution in [2.24, 2.45) is 7.05 Å². The number of aromatic nitrogens is 2. The molecule has 0 saturated carbocycles. The standard InChI is InChI=1S/C12H24N4/c1-10(11-7-8-14-16(11)6)13-9-12(2,3)15(4)5/h7-8,10,13H,9H2,1-6H3. The van der Waals surface area contributed by atoms with Crippen LogP contribution in [0, 0.1) is 0 Å². The minimum absolute atomic E-state index is 0.160. The van der Waals surface area contributed by atoms with E-state index < -0.39 is 0 Å². The average molecular weight is 224 g/mol. The largest absolute Gasteiger partial charge is 0.307 e. The third kappa shape index (κ3) is 3.06. The molecule has 4 nitrogen and oxygen atoms in total. The summed E-state index contributed by atoms with van der Waals surface area (Å²) in [5.41, 5.74) is 1.38. The Hall–Kier alpha value is -0.870. The monoisotopic (exact) mass is 224 g/mol. The smallest absolute Gasteiger partial charge is 0.0547 e. The molecule has 0 amide bonds. The first kappa shape index (κ1) is 13.2. The van der Waals surface area contributed by atoms with Gasteiger partial charge in [0.1, 0.15) is 0 Å². The first-order chi connectivity index (χ1) is 7.34. The zero-order valence-electron chi connectivity index (χ0n) is 11.3. The predicted octanol–water partition coefficient (Wildman–Crippen LogP) is 1.41. The van der Waals surface area contributed by atoms with Crippen LogP contribution in [0.25, 0.3) is 0 Å². The lowest BCUT2D eigenvalue weighted by Gasteiger charge is -2.34. The molecule has 4 heteroatoms. The fraction of sp³-hybridized carbons (Fsp3) is 0.750. The summed E-state index contributed by atoms with van der Waals surface area (Å²) in [6.07, 6.45) is 1.84. The third-order valence-corrected chi connectivity index (χ3v) is 3.35. The van der Waals surface area contributed by atoms with Crippen molar-refractivity contribution in [2.45, 2.75) is 32.4 Å². The summed E-state index contributed by atoms with van der Waals surface area (Å²) in [5, 5.41) is 7.73. The van der Waals surface area contributed by atoms with E-state index in [1.165, 1.54) is 5.69 Å². The summed E-state index contributed by atoms with van der Waals surface area (Å²) in [6, 6.07) is 2.38. The van der Waals surface area contributed by atoms with Crippen molar-refractivity contribution < 1.29 is 0 Å². The molecule has 0 radical (unpaired) electrons. The summed E-state index contributed by atoms with van der Waals surface area (Å²) in [4.78, 5) is 2.23. The molecule has 0 aliphatic rings. The lowest BCUT2D eigenvalue weighted by molar-refractivity contribution is 0.185. The predicted molar refractivity (Wildman–Crippen MR) is 67.4 cm³/mol. The van der Waals surface area contributed by atoms with Crippen LogP contribution in [0.3, 0.4) is 0 Å². The Morgan fingerprint density at radius 3 is 2.56 bits per heavy atom. The Bertz CT molecular complexity index is 328. The van der Waals surface area contributed by atoms with Crippen molar-refractivity contribution in [1.29, 1.82) is 0 Å². The summed E-state index contributed by atoms with van der Waals surface area (Å²) in [5.74, 6) is 0. The minimum Gasteiger partial charge on any atom is -0.307 e. The van der Waals surface area contributed by atoms with E-state index in [1.54, 1.807) is 0 Å². The van der Waals surface area contributed by atoms with Gasteiger partial charge in [-0.2, -0.15) is 5.10 Å². The van der Waals surface area contributed by atoms with Crippen LogP contribution in [-0.4, -0.2) is 40.9 Å². The molecule has 1 aromatic heterocycles. The molecule has 1 unspecified atom stereocenters. The third-order valence-electron chi connectivity index (χ3n) is 3.35. The zero-order chi connectivity index (χ0) is 12.3. The number of rotatable bonds is 5. The van der Waals surface area contributed by atoms with E-state index in [2.05, 4.69) is 56.2 Å². The van der Waals surface area contributed by atoms with E-state index in [9.17, 15) is 0 Å². The highest BCUT2D eigenvalue weighted by Crippen LogP contribution is 2.13. The molecule has 0 spiro atoms. The highest BCUT2D eigenvalue weighted by Gasteiger charge is 2.21. The fourth-order valence-corrected chi connectivity index (χ4v) is 1.47. The first-order valence-electron chi connectivity index (χ1n) is 5.73. The van der Waals surface area contributed by atoms with E-state index in [0.717, 1.165) is 6.54 Å². The van der Waals surface area contributed by atoms with Gasteiger partial charge in [0, 0.05) is 31.4 Å². The number of hydrogen-bond acceptors (Lipinski definition) is 3. The number of nitrogens with one attached hydrogen (secondary N) is 1. The lowest BCUT2D eigenvalue weighted by atomic mass is 10.0. The Kier molecular flexibility index (Phi) is 4.10. The number of hydrogen-bond donors (Lipinski definition) is 1. The van der Waals surface area contributed by atoms with Crippen LogP contribution in [0.2, 0.25) is 0 Å². The quantitative estimate of drug-likeness (QED) is 0.821. The Labute approximate surface area is 98.6 Å². The van der Waals surface area contributed by atoms with Crippen LogP contribution < -0.4 is 5.32 Å². The second-order valence-electron chi connectivity index (χ2n) is 5.19. The van der Waals surface area contributed by atoms with Crippen molar-refractivity contribution in [3.8, 4) is 0 Å². The van der Waals surface area contributed by atoms with Gasteiger partial charge in [-0.05, 0) is 40.9 Å². The maximum atomic E-state index is 4.18.